The van der Waals surface area contributed by atoms with Gasteiger partial charge in [0.25, 0.3) is 0 Å². The average Bonchev–Trinajstić information content (AvgIpc) is 3.37. The number of hydrogen-bond acceptors (Lipinski definition) is 8. The van der Waals surface area contributed by atoms with Gasteiger partial charge in [-0.05, 0) is 37.3 Å². The molecule has 5 rings (SSSR count). The molecule has 3 heterocycles. The van der Waals surface area contributed by atoms with Crippen LogP contribution >= 0.6 is 22.7 Å². The van der Waals surface area contributed by atoms with Crippen LogP contribution in [0.1, 0.15) is 6.92 Å². The molecule has 29 heavy (non-hydrogen) atoms. The molecule has 150 valence electrons. The van der Waals surface area contributed by atoms with E-state index in [9.17, 15) is 0 Å². The number of ether oxygens (including phenoxy) is 2. The summed E-state index contributed by atoms with van der Waals surface area (Å²) in [6.07, 6.45) is 0. The molecule has 8 heteroatoms. The maximum Gasteiger partial charge on any atom is 0.186 e. The predicted molar refractivity (Wildman–Crippen MR) is 121 cm³/mol. The molecule has 1 saturated heterocycles. The monoisotopic (exact) mass is 426 g/mol. The highest BCUT2D eigenvalue weighted by atomic mass is 32.1. The molecule has 1 aliphatic heterocycles. The molecule has 0 spiro atoms. The Labute approximate surface area is 177 Å². The molecular formula is C21H22N4O2S2. The largest absolute Gasteiger partial charge is 0.497 e. The second-order valence-electron chi connectivity index (χ2n) is 6.86. The molecule has 2 aromatic carbocycles. The minimum atomic E-state index is 0.678. The highest BCUT2D eigenvalue weighted by Crippen LogP contribution is 2.34. The maximum absolute atomic E-state index is 5.62. The first-order chi connectivity index (χ1) is 14.2. The van der Waals surface area contributed by atoms with E-state index in [1.807, 2.05) is 31.2 Å². The van der Waals surface area contributed by atoms with E-state index in [1.165, 1.54) is 9.40 Å². The van der Waals surface area contributed by atoms with Crippen molar-refractivity contribution in [3.8, 4) is 11.5 Å². The first-order valence-electron chi connectivity index (χ1n) is 9.71. The average molecular weight is 427 g/mol. The van der Waals surface area contributed by atoms with Gasteiger partial charge in [-0.3, -0.25) is 0 Å². The van der Waals surface area contributed by atoms with Gasteiger partial charge < -0.3 is 19.3 Å². The standard InChI is InChI=1S/C21H22N4O2S2/c1-3-27-15-4-6-16-19(13-15)29-20(22-16)24-8-10-25(11-9-24)21-23-17-12-14(26-2)5-7-18(17)28-21/h4-7,12-13H,3,8-11H2,1-2H3. The molecule has 0 saturated carbocycles. The molecule has 0 unspecified atom stereocenters. The van der Waals surface area contributed by atoms with Gasteiger partial charge in [0.1, 0.15) is 11.5 Å². The number of anilines is 2. The van der Waals surface area contributed by atoms with Gasteiger partial charge in [0.05, 0.1) is 34.1 Å². The van der Waals surface area contributed by atoms with Gasteiger partial charge in [-0.15, -0.1) is 0 Å². The molecule has 0 radical (unpaired) electrons. The Morgan fingerprint density at radius 2 is 1.48 bits per heavy atom. The third kappa shape index (κ3) is 3.58. The Hall–Kier alpha value is -2.58. The Kier molecular flexibility index (Phi) is 4.89. The third-order valence-corrected chi connectivity index (χ3v) is 7.24. The Balaban J connectivity index is 1.30. The highest BCUT2D eigenvalue weighted by molar-refractivity contribution is 7.22. The molecule has 1 fully saturated rings. The van der Waals surface area contributed by atoms with Crippen LogP contribution in [0, 0.1) is 0 Å². The van der Waals surface area contributed by atoms with Crippen LogP contribution in [-0.2, 0) is 0 Å². The lowest BCUT2D eigenvalue weighted by Crippen LogP contribution is -2.46. The number of thiazole rings is 2. The van der Waals surface area contributed by atoms with E-state index in [0.717, 1.165) is 59.0 Å². The van der Waals surface area contributed by atoms with E-state index in [2.05, 4.69) is 21.9 Å². The van der Waals surface area contributed by atoms with Gasteiger partial charge in [-0.25, -0.2) is 9.97 Å². The van der Waals surface area contributed by atoms with Crippen LogP contribution in [0.3, 0.4) is 0 Å². The van der Waals surface area contributed by atoms with E-state index in [1.54, 1.807) is 29.8 Å². The molecular weight excluding hydrogens is 404 g/mol. The Morgan fingerprint density at radius 1 is 0.828 bits per heavy atom. The minimum Gasteiger partial charge on any atom is -0.497 e. The smallest absolute Gasteiger partial charge is 0.186 e. The van der Waals surface area contributed by atoms with Crippen LogP contribution < -0.4 is 19.3 Å². The Morgan fingerprint density at radius 3 is 2.17 bits per heavy atom. The van der Waals surface area contributed by atoms with Gasteiger partial charge >= 0.3 is 0 Å². The number of fused-ring (bicyclic) bond motifs is 2. The normalized spacial score (nSPS) is 14.7. The zero-order valence-corrected chi connectivity index (χ0v) is 18.1. The van der Waals surface area contributed by atoms with E-state index in [4.69, 9.17) is 19.4 Å². The number of rotatable bonds is 5. The van der Waals surface area contributed by atoms with Crippen molar-refractivity contribution in [3.05, 3.63) is 36.4 Å². The van der Waals surface area contributed by atoms with Crippen LogP contribution in [0.2, 0.25) is 0 Å². The van der Waals surface area contributed by atoms with Gasteiger partial charge in [0, 0.05) is 32.2 Å². The van der Waals surface area contributed by atoms with Crippen molar-refractivity contribution in [2.24, 2.45) is 0 Å². The van der Waals surface area contributed by atoms with Crippen LogP contribution in [-0.4, -0.2) is 49.9 Å². The fraction of sp³-hybridized carbons (Fsp3) is 0.333. The first-order valence-corrected chi connectivity index (χ1v) is 11.3. The highest BCUT2D eigenvalue weighted by Gasteiger charge is 2.22. The molecule has 0 N–H and O–H groups in total. The topological polar surface area (TPSA) is 50.7 Å². The molecule has 4 aromatic rings. The van der Waals surface area contributed by atoms with Crippen LogP contribution in [0.4, 0.5) is 10.3 Å². The summed E-state index contributed by atoms with van der Waals surface area (Å²) >= 11 is 3.48. The summed E-state index contributed by atoms with van der Waals surface area (Å²) in [7, 11) is 1.69. The van der Waals surface area contributed by atoms with Crippen molar-refractivity contribution in [1.29, 1.82) is 0 Å². The molecule has 1 aliphatic rings. The summed E-state index contributed by atoms with van der Waals surface area (Å²) in [6, 6.07) is 12.2. The summed E-state index contributed by atoms with van der Waals surface area (Å²) in [4.78, 5) is 14.4. The predicted octanol–water partition coefficient (Wildman–Crippen LogP) is 4.64. The second-order valence-corrected chi connectivity index (χ2v) is 8.88. The molecule has 0 aliphatic carbocycles. The van der Waals surface area contributed by atoms with Crippen molar-refractivity contribution in [2.45, 2.75) is 6.92 Å². The molecule has 0 atom stereocenters. The van der Waals surface area contributed by atoms with Crippen LogP contribution in [0.5, 0.6) is 11.5 Å². The lowest BCUT2D eigenvalue weighted by atomic mass is 10.3. The minimum absolute atomic E-state index is 0.678. The van der Waals surface area contributed by atoms with Crippen LogP contribution in [0.25, 0.3) is 20.4 Å². The SMILES string of the molecule is CCOc1ccc2nc(N3CCN(c4nc5cc(OC)ccc5s4)CC3)sc2c1. The number of hydrogen-bond donors (Lipinski definition) is 0. The summed E-state index contributed by atoms with van der Waals surface area (Å²) in [5, 5.41) is 2.17. The summed E-state index contributed by atoms with van der Waals surface area (Å²) in [6.45, 7) is 6.45. The van der Waals surface area contributed by atoms with Gasteiger partial charge in [-0.1, -0.05) is 22.7 Å². The molecule has 0 bridgehead atoms. The number of nitrogens with zero attached hydrogens (tertiary/aromatic N) is 4. The Bertz CT molecular complexity index is 1150. The molecule has 0 amide bonds. The van der Waals surface area contributed by atoms with Crippen molar-refractivity contribution in [3.63, 3.8) is 0 Å². The quantitative estimate of drug-likeness (QED) is 0.463. The second kappa shape index (κ2) is 7.68. The fourth-order valence-corrected chi connectivity index (χ4v) is 5.57. The van der Waals surface area contributed by atoms with Crippen LogP contribution in [0.15, 0.2) is 36.4 Å². The van der Waals surface area contributed by atoms with Gasteiger partial charge in [0.15, 0.2) is 10.3 Å². The van der Waals surface area contributed by atoms with E-state index >= 15 is 0 Å². The lowest BCUT2D eigenvalue weighted by Gasteiger charge is -2.34. The third-order valence-electron chi connectivity index (χ3n) is 5.06. The zero-order valence-electron chi connectivity index (χ0n) is 16.4. The summed E-state index contributed by atoms with van der Waals surface area (Å²) < 4.78 is 13.3. The van der Waals surface area contributed by atoms with Crippen molar-refractivity contribution >= 4 is 53.4 Å². The number of piperazine rings is 1. The van der Waals surface area contributed by atoms with Gasteiger partial charge in [-0.2, -0.15) is 0 Å². The number of aromatic nitrogens is 2. The maximum atomic E-state index is 5.62. The summed E-state index contributed by atoms with van der Waals surface area (Å²) in [5.41, 5.74) is 2.04. The van der Waals surface area contributed by atoms with Crippen molar-refractivity contribution in [2.75, 3.05) is 49.7 Å². The summed E-state index contributed by atoms with van der Waals surface area (Å²) in [5.74, 6) is 1.76. The van der Waals surface area contributed by atoms with E-state index in [0.29, 0.717) is 6.61 Å². The van der Waals surface area contributed by atoms with E-state index < -0.39 is 0 Å². The van der Waals surface area contributed by atoms with Crippen molar-refractivity contribution < 1.29 is 9.47 Å². The lowest BCUT2D eigenvalue weighted by molar-refractivity contribution is 0.341. The number of benzene rings is 2. The fourth-order valence-electron chi connectivity index (χ4n) is 3.53. The molecule has 2 aromatic heterocycles. The van der Waals surface area contributed by atoms with Crippen molar-refractivity contribution in [1.82, 2.24) is 9.97 Å². The number of methoxy groups -OCH3 is 1. The van der Waals surface area contributed by atoms with Gasteiger partial charge in [0.2, 0.25) is 0 Å². The zero-order chi connectivity index (χ0) is 19.8. The molecule has 6 nitrogen and oxygen atoms in total. The van der Waals surface area contributed by atoms with E-state index in [-0.39, 0.29) is 0 Å². The first kappa shape index (κ1) is 18.4.